The minimum Gasteiger partial charge on any atom is -0.459 e. The summed E-state index contributed by atoms with van der Waals surface area (Å²) in [5.74, 6) is -1.24. The Bertz CT molecular complexity index is 608. The Kier molecular flexibility index (Phi) is 7.24. The van der Waals surface area contributed by atoms with Gasteiger partial charge in [0.2, 0.25) is 11.8 Å². The Labute approximate surface area is 154 Å². The molecule has 7 heteroatoms. The van der Waals surface area contributed by atoms with E-state index in [4.69, 9.17) is 10.2 Å². The van der Waals surface area contributed by atoms with E-state index in [1.807, 2.05) is 13.8 Å². The number of hydrogen-bond donors (Lipinski definition) is 3. The van der Waals surface area contributed by atoms with Crippen LogP contribution in [0.5, 0.6) is 0 Å². The van der Waals surface area contributed by atoms with Crippen LogP contribution in [0, 0.1) is 11.8 Å². The lowest BCUT2D eigenvalue weighted by atomic mass is 9.83. The molecule has 0 spiro atoms. The molecule has 1 aliphatic carbocycles. The van der Waals surface area contributed by atoms with Gasteiger partial charge in [0, 0.05) is 0 Å². The Morgan fingerprint density at radius 2 is 1.92 bits per heavy atom. The van der Waals surface area contributed by atoms with E-state index in [0.29, 0.717) is 6.42 Å². The third-order valence-corrected chi connectivity index (χ3v) is 5.25. The van der Waals surface area contributed by atoms with Crippen LogP contribution in [0.15, 0.2) is 22.8 Å². The van der Waals surface area contributed by atoms with Crippen molar-refractivity contribution < 1.29 is 18.8 Å². The fourth-order valence-corrected chi connectivity index (χ4v) is 3.46. The van der Waals surface area contributed by atoms with Gasteiger partial charge in [0.25, 0.3) is 5.91 Å². The van der Waals surface area contributed by atoms with Gasteiger partial charge in [-0.3, -0.25) is 14.4 Å². The number of furan rings is 1. The summed E-state index contributed by atoms with van der Waals surface area (Å²) in [6, 6.07) is 1.71. The predicted molar refractivity (Wildman–Crippen MR) is 97.1 cm³/mol. The first kappa shape index (κ1) is 20.0. The highest BCUT2D eigenvalue weighted by Gasteiger charge is 2.34. The first-order chi connectivity index (χ1) is 12.4. The van der Waals surface area contributed by atoms with Gasteiger partial charge in [0.1, 0.15) is 12.1 Å². The first-order valence-corrected chi connectivity index (χ1v) is 9.38. The van der Waals surface area contributed by atoms with Crippen LogP contribution < -0.4 is 16.4 Å². The minimum absolute atomic E-state index is 0.0353. The van der Waals surface area contributed by atoms with Gasteiger partial charge < -0.3 is 20.8 Å². The lowest BCUT2D eigenvalue weighted by molar-refractivity contribution is -0.130. The molecule has 7 nitrogen and oxygen atoms in total. The number of nitrogens with two attached hydrogens (primary N) is 1. The monoisotopic (exact) mass is 363 g/mol. The van der Waals surface area contributed by atoms with Crippen LogP contribution in [0.3, 0.4) is 0 Å². The Morgan fingerprint density at radius 1 is 1.23 bits per heavy atom. The predicted octanol–water partition coefficient (Wildman–Crippen LogP) is 1.97. The molecule has 3 amide bonds. The number of hydrogen-bond acceptors (Lipinski definition) is 4. The molecule has 1 saturated carbocycles. The van der Waals surface area contributed by atoms with Crippen LogP contribution in [0.4, 0.5) is 0 Å². The second-order valence-electron chi connectivity index (χ2n) is 7.10. The third-order valence-electron chi connectivity index (χ3n) is 5.25. The highest BCUT2D eigenvalue weighted by atomic mass is 16.3. The molecule has 1 aliphatic rings. The maximum Gasteiger partial charge on any atom is 0.287 e. The van der Waals surface area contributed by atoms with Crippen molar-refractivity contribution in [3.8, 4) is 0 Å². The molecule has 1 aromatic heterocycles. The van der Waals surface area contributed by atoms with Crippen LogP contribution in [-0.4, -0.2) is 29.8 Å². The van der Waals surface area contributed by atoms with Gasteiger partial charge in [-0.1, -0.05) is 39.5 Å². The van der Waals surface area contributed by atoms with Gasteiger partial charge in [-0.05, 0) is 36.8 Å². The molecule has 2 rings (SSSR count). The molecular formula is C19H29N3O4. The molecule has 0 unspecified atom stereocenters. The summed E-state index contributed by atoms with van der Waals surface area (Å²) in [5, 5.41) is 5.55. The summed E-state index contributed by atoms with van der Waals surface area (Å²) in [5.41, 5.74) is 5.46. The van der Waals surface area contributed by atoms with Gasteiger partial charge in [-0.2, -0.15) is 0 Å². The number of primary amides is 1. The molecule has 26 heavy (non-hydrogen) atoms. The number of carbonyl (C=O) groups is 3. The second kappa shape index (κ2) is 9.40. The molecule has 1 fully saturated rings. The average Bonchev–Trinajstić information content (AvgIpc) is 3.18. The van der Waals surface area contributed by atoms with E-state index in [1.54, 1.807) is 12.1 Å². The summed E-state index contributed by atoms with van der Waals surface area (Å²) in [7, 11) is 0. The van der Waals surface area contributed by atoms with Crippen LogP contribution >= 0.6 is 0 Å². The van der Waals surface area contributed by atoms with Crippen LogP contribution in [0.25, 0.3) is 0 Å². The smallest absolute Gasteiger partial charge is 0.287 e. The summed E-state index contributed by atoms with van der Waals surface area (Å²) in [4.78, 5) is 37.1. The maximum atomic E-state index is 12.9. The highest BCUT2D eigenvalue weighted by Crippen LogP contribution is 2.27. The van der Waals surface area contributed by atoms with Gasteiger partial charge in [0.05, 0.1) is 6.26 Å². The zero-order valence-electron chi connectivity index (χ0n) is 15.5. The molecule has 0 aromatic carbocycles. The maximum absolute atomic E-state index is 12.9. The highest BCUT2D eigenvalue weighted by molar-refractivity contribution is 5.96. The van der Waals surface area contributed by atoms with E-state index < -0.39 is 23.9 Å². The number of carbonyl (C=O) groups excluding carboxylic acids is 3. The first-order valence-electron chi connectivity index (χ1n) is 9.38. The average molecular weight is 363 g/mol. The molecule has 3 atom stereocenters. The topological polar surface area (TPSA) is 114 Å². The molecule has 0 aliphatic heterocycles. The van der Waals surface area contributed by atoms with Crippen molar-refractivity contribution in [3.05, 3.63) is 24.2 Å². The fraction of sp³-hybridized carbons (Fsp3) is 0.632. The van der Waals surface area contributed by atoms with Crippen molar-refractivity contribution in [3.63, 3.8) is 0 Å². The third kappa shape index (κ3) is 5.09. The number of nitrogens with one attached hydrogen (secondary N) is 2. The lowest BCUT2D eigenvalue weighted by Crippen LogP contribution is -2.57. The normalized spacial score (nSPS) is 18.5. The molecule has 144 valence electrons. The van der Waals surface area contributed by atoms with E-state index in [-0.39, 0.29) is 23.5 Å². The fourth-order valence-electron chi connectivity index (χ4n) is 3.46. The zero-order valence-corrected chi connectivity index (χ0v) is 15.5. The van der Waals surface area contributed by atoms with E-state index >= 15 is 0 Å². The Hall–Kier alpha value is -2.31. The van der Waals surface area contributed by atoms with E-state index in [1.165, 1.54) is 6.26 Å². The lowest BCUT2D eigenvalue weighted by Gasteiger charge is -2.31. The minimum atomic E-state index is -0.751. The van der Waals surface area contributed by atoms with Gasteiger partial charge in [0.15, 0.2) is 5.76 Å². The van der Waals surface area contributed by atoms with Gasteiger partial charge in [-0.25, -0.2) is 0 Å². The molecule has 0 saturated heterocycles. The standard InChI is InChI=1S/C19H29N3O4/c1-3-12(2)15(17(20)23)21-19(25)16(13-8-5-4-6-9-13)22-18(24)14-10-7-11-26-14/h7,10-13,15-16H,3-6,8-9H2,1-2H3,(H2,20,23)(H,21,25)(H,22,24)/t12-,15-,16-/m0/s1. The number of amides is 3. The zero-order chi connectivity index (χ0) is 19.1. The van der Waals surface area contributed by atoms with Crippen molar-refractivity contribution in [2.45, 2.75) is 64.5 Å². The van der Waals surface area contributed by atoms with Crippen LogP contribution in [0.1, 0.15) is 62.9 Å². The molecule has 1 heterocycles. The van der Waals surface area contributed by atoms with Gasteiger partial charge in [-0.15, -0.1) is 0 Å². The molecular weight excluding hydrogens is 334 g/mol. The second-order valence-corrected chi connectivity index (χ2v) is 7.10. The van der Waals surface area contributed by atoms with Crippen LogP contribution in [0.2, 0.25) is 0 Å². The number of rotatable bonds is 8. The van der Waals surface area contributed by atoms with Crippen molar-refractivity contribution in [2.75, 3.05) is 0 Å². The summed E-state index contributed by atoms with van der Waals surface area (Å²) >= 11 is 0. The summed E-state index contributed by atoms with van der Waals surface area (Å²) in [6.45, 7) is 3.80. The van der Waals surface area contributed by atoms with Crippen molar-refractivity contribution in [1.82, 2.24) is 10.6 Å². The van der Waals surface area contributed by atoms with E-state index in [9.17, 15) is 14.4 Å². The molecule has 0 bridgehead atoms. The molecule has 0 radical (unpaired) electrons. The van der Waals surface area contributed by atoms with Gasteiger partial charge >= 0.3 is 0 Å². The molecule has 1 aromatic rings. The van der Waals surface area contributed by atoms with E-state index in [2.05, 4.69) is 10.6 Å². The van der Waals surface area contributed by atoms with Crippen LogP contribution in [-0.2, 0) is 9.59 Å². The molecule has 4 N–H and O–H groups in total. The largest absolute Gasteiger partial charge is 0.459 e. The van der Waals surface area contributed by atoms with Crippen molar-refractivity contribution in [2.24, 2.45) is 17.6 Å². The Balaban J connectivity index is 2.14. The van der Waals surface area contributed by atoms with E-state index in [0.717, 1.165) is 32.1 Å². The summed E-state index contributed by atoms with van der Waals surface area (Å²) in [6.07, 6.45) is 7.03. The SMILES string of the molecule is CC[C@H](C)[C@H](NC(=O)[C@@H](NC(=O)c1ccco1)C1CCCCC1)C(N)=O. The van der Waals surface area contributed by atoms with Crippen molar-refractivity contribution >= 4 is 17.7 Å². The van der Waals surface area contributed by atoms with Crippen molar-refractivity contribution in [1.29, 1.82) is 0 Å². The quantitative estimate of drug-likeness (QED) is 0.655. The Morgan fingerprint density at radius 3 is 2.46 bits per heavy atom. The summed E-state index contributed by atoms with van der Waals surface area (Å²) < 4.78 is 5.12.